The smallest absolute Gasteiger partial charge is 0.0971 e. The van der Waals surface area contributed by atoms with Crippen molar-refractivity contribution in [3.8, 4) is 0 Å². The molecule has 1 unspecified atom stereocenters. The van der Waals surface area contributed by atoms with Crippen molar-refractivity contribution in [2.24, 2.45) is 11.8 Å². The number of hydrogen-bond acceptors (Lipinski definition) is 0. The molecular formula is C19H28BrCl2N. The van der Waals surface area contributed by atoms with Gasteiger partial charge in [-0.1, -0.05) is 49.7 Å². The molecule has 23 heavy (non-hydrogen) atoms. The van der Waals surface area contributed by atoms with Crippen LogP contribution in [0.4, 0.5) is 0 Å². The van der Waals surface area contributed by atoms with Crippen molar-refractivity contribution in [2.75, 3.05) is 26.2 Å². The zero-order valence-corrected chi connectivity index (χ0v) is 17.3. The molecule has 1 aromatic carbocycles. The molecule has 0 aliphatic carbocycles. The predicted octanol–water partition coefficient (Wildman–Crippen LogP) is 2.61. The van der Waals surface area contributed by atoms with Gasteiger partial charge in [-0.2, -0.15) is 0 Å². The summed E-state index contributed by atoms with van der Waals surface area (Å²) < 4.78 is 1.21. The number of rotatable bonds is 7. The van der Waals surface area contributed by atoms with E-state index in [1.54, 1.807) is 0 Å². The van der Waals surface area contributed by atoms with E-state index in [0.717, 1.165) is 18.0 Å². The highest BCUT2D eigenvalue weighted by Gasteiger charge is 2.34. The first-order valence-corrected chi connectivity index (χ1v) is 9.11. The molecule has 0 radical (unpaired) electrons. The Bertz CT molecular complexity index is 510. The molecule has 1 aliphatic rings. The summed E-state index contributed by atoms with van der Waals surface area (Å²) in [6.07, 6.45) is 5.82. The number of likely N-dealkylation sites (tertiary alicyclic amines) is 1. The average Bonchev–Trinajstić information content (AvgIpc) is 2.89. The van der Waals surface area contributed by atoms with Gasteiger partial charge < -0.3 is 21.5 Å². The van der Waals surface area contributed by atoms with Crippen LogP contribution in [0.2, 0.25) is 10.0 Å². The van der Waals surface area contributed by atoms with Gasteiger partial charge in [0.15, 0.2) is 0 Å². The molecule has 0 spiro atoms. The van der Waals surface area contributed by atoms with E-state index in [4.69, 9.17) is 23.2 Å². The summed E-state index contributed by atoms with van der Waals surface area (Å²) in [5.41, 5.74) is 1.22. The van der Waals surface area contributed by atoms with Crippen LogP contribution in [0, 0.1) is 11.8 Å². The average molecular weight is 421 g/mol. The maximum absolute atomic E-state index is 6.39. The van der Waals surface area contributed by atoms with Crippen LogP contribution in [-0.4, -0.2) is 30.7 Å². The number of benzene rings is 1. The molecule has 1 heterocycles. The van der Waals surface area contributed by atoms with E-state index < -0.39 is 0 Å². The fraction of sp³-hybridized carbons (Fsp3) is 0.579. The second kappa shape index (κ2) is 9.46. The summed E-state index contributed by atoms with van der Waals surface area (Å²) in [5, 5.41) is 1.51. The van der Waals surface area contributed by atoms with E-state index in [1.807, 2.05) is 12.1 Å². The fourth-order valence-corrected chi connectivity index (χ4v) is 4.18. The van der Waals surface area contributed by atoms with Gasteiger partial charge in [-0.25, -0.2) is 0 Å². The van der Waals surface area contributed by atoms with E-state index in [2.05, 4.69) is 32.6 Å². The number of hydrogen-bond donors (Lipinski definition) is 0. The lowest BCUT2D eigenvalue weighted by molar-refractivity contribution is -0.914. The summed E-state index contributed by atoms with van der Waals surface area (Å²) in [4.78, 5) is 0. The SMILES string of the molecule is C=CC[N+]1(CC(Cc2ccc(Cl)cc2Cl)C(C)C)CCCC1.[Br-]. The van der Waals surface area contributed by atoms with Gasteiger partial charge in [0.2, 0.25) is 0 Å². The van der Waals surface area contributed by atoms with Gasteiger partial charge in [-0.15, -0.1) is 0 Å². The van der Waals surface area contributed by atoms with E-state index in [-0.39, 0.29) is 17.0 Å². The van der Waals surface area contributed by atoms with Gasteiger partial charge in [0, 0.05) is 28.8 Å². The highest BCUT2D eigenvalue weighted by molar-refractivity contribution is 6.35. The summed E-state index contributed by atoms with van der Waals surface area (Å²) >= 11 is 12.4. The number of nitrogens with zero attached hydrogens (tertiary/aromatic N) is 1. The maximum Gasteiger partial charge on any atom is 0.0971 e. The van der Waals surface area contributed by atoms with Crippen LogP contribution in [0.3, 0.4) is 0 Å². The maximum atomic E-state index is 6.39. The Balaban J connectivity index is 0.00000264. The largest absolute Gasteiger partial charge is 1.00 e. The molecule has 0 amide bonds. The van der Waals surface area contributed by atoms with Crippen molar-refractivity contribution >= 4 is 23.2 Å². The molecule has 1 aliphatic heterocycles. The Labute approximate surface area is 162 Å². The van der Waals surface area contributed by atoms with Crippen LogP contribution < -0.4 is 17.0 Å². The fourth-order valence-electron chi connectivity index (χ4n) is 3.70. The third-order valence-corrected chi connectivity index (χ3v) is 5.68. The molecule has 0 bridgehead atoms. The van der Waals surface area contributed by atoms with Gasteiger partial charge in [-0.05, 0) is 36.1 Å². The lowest BCUT2D eigenvalue weighted by Gasteiger charge is -2.38. The molecular weight excluding hydrogens is 393 g/mol. The first-order valence-electron chi connectivity index (χ1n) is 8.36. The third kappa shape index (κ3) is 5.77. The standard InChI is InChI=1S/C19H28Cl2N.BrH/c1-4-9-22(10-5-6-11-22)14-17(15(2)3)12-16-7-8-18(20)13-19(16)21;/h4,7-8,13,15,17H,1,5-6,9-12,14H2,2-3H3;1H/q+1;/p-1. The summed E-state index contributed by atoms with van der Waals surface area (Å²) in [7, 11) is 0. The molecule has 1 saturated heterocycles. The van der Waals surface area contributed by atoms with Crippen molar-refractivity contribution in [1.29, 1.82) is 0 Å². The van der Waals surface area contributed by atoms with Gasteiger partial charge in [-0.3, -0.25) is 0 Å². The zero-order chi connectivity index (χ0) is 16.2. The first-order chi connectivity index (χ1) is 10.5. The Morgan fingerprint density at radius 2 is 1.87 bits per heavy atom. The normalized spacial score (nSPS) is 17.8. The van der Waals surface area contributed by atoms with Gasteiger partial charge >= 0.3 is 0 Å². The molecule has 130 valence electrons. The highest BCUT2D eigenvalue weighted by atomic mass is 79.9. The third-order valence-electron chi connectivity index (χ3n) is 5.09. The van der Waals surface area contributed by atoms with Crippen LogP contribution in [-0.2, 0) is 6.42 Å². The summed E-state index contributed by atoms with van der Waals surface area (Å²) in [6, 6.07) is 5.89. The van der Waals surface area contributed by atoms with E-state index in [0.29, 0.717) is 16.9 Å². The molecule has 0 aromatic heterocycles. The number of quaternary nitrogens is 1. The second-order valence-electron chi connectivity index (χ2n) is 7.09. The molecule has 0 saturated carbocycles. The van der Waals surface area contributed by atoms with Gasteiger partial charge in [0.25, 0.3) is 0 Å². The summed E-state index contributed by atoms with van der Waals surface area (Å²) in [6.45, 7) is 13.5. The highest BCUT2D eigenvalue weighted by Crippen LogP contribution is 2.30. The number of halogens is 3. The van der Waals surface area contributed by atoms with Crippen molar-refractivity contribution in [2.45, 2.75) is 33.1 Å². The van der Waals surface area contributed by atoms with Crippen molar-refractivity contribution < 1.29 is 21.5 Å². The van der Waals surface area contributed by atoms with Gasteiger partial charge in [0.05, 0.1) is 26.2 Å². The summed E-state index contributed by atoms with van der Waals surface area (Å²) in [5.74, 6) is 1.28. The van der Waals surface area contributed by atoms with Gasteiger partial charge in [0.1, 0.15) is 0 Å². The zero-order valence-electron chi connectivity index (χ0n) is 14.2. The van der Waals surface area contributed by atoms with E-state index in [1.165, 1.54) is 42.5 Å². The monoisotopic (exact) mass is 419 g/mol. The van der Waals surface area contributed by atoms with Crippen molar-refractivity contribution in [3.05, 3.63) is 46.5 Å². The molecule has 4 heteroatoms. The van der Waals surface area contributed by atoms with Crippen molar-refractivity contribution in [3.63, 3.8) is 0 Å². The molecule has 1 fully saturated rings. The Kier molecular flexibility index (Phi) is 8.65. The Morgan fingerprint density at radius 3 is 2.39 bits per heavy atom. The van der Waals surface area contributed by atoms with Crippen LogP contribution >= 0.6 is 23.2 Å². The molecule has 0 N–H and O–H groups in total. The molecule has 1 nitrogen and oxygen atoms in total. The minimum atomic E-state index is 0. The second-order valence-corrected chi connectivity index (χ2v) is 7.94. The Morgan fingerprint density at radius 1 is 1.22 bits per heavy atom. The van der Waals surface area contributed by atoms with Crippen molar-refractivity contribution in [1.82, 2.24) is 0 Å². The minimum Gasteiger partial charge on any atom is -1.00 e. The quantitative estimate of drug-likeness (QED) is 0.469. The first kappa shape index (κ1) is 21.0. The Hall–Kier alpha value is -0.0200. The van der Waals surface area contributed by atoms with E-state index >= 15 is 0 Å². The molecule has 1 aromatic rings. The van der Waals surface area contributed by atoms with E-state index in [9.17, 15) is 0 Å². The van der Waals surface area contributed by atoms with Crippen LogP contribution in [0.15, 0.2) is 30.9 Å². The van der Waals surface area contributed by atoms with Crippen LogP contribution in [0.5, 0.6) is 0 Å². The van der Waals surface area contributed by atoms with Crippen LogP contribution in [0.1, 0.15) is 32.3 Å². The van der Waals surface area contributed by atoms with Crippen LogP contribution in [0.25, 0.3) is 0 Å². The lowest BCUT2D eigenvalue weighted by atomic mass is 9.88. The topological polar surface area (TPSA) is 0 Å². The lowest BCUT2D eigenvalue weighted by Crippen LogP contribution is -3.00. The molecule has 2 rings (SSSR count). The predicted molar refractivity (Wildman–Crippen MR) is 97.7 cm³/mol. The minimum absolute atomic E-state index is 0. The molecule has 1 atom stereocenters.